The molecule has 0 aliphatic carbocycles. The minimum absolute atomic E-state index is 0.108. The first kappa shape index (κ1) is 23.1. The maximum Gasteiger partial charge on any atom is 0.240 e. The van der Waals surface area contributed by atoms with Crippen LogP contribution in [0.1, 0.15) is 12.1 Å². The summed E-state index contributed by atoms with van der Waals surface area (Å²) in [5.74, 6) is 0.108. The molecule has 1 saturated heterocycles. The zero-order chi connectivity index (χ0) is 24.0. The number of aromatic nitrogens is 2. The van der Waals surface area contributed by atoms with Crippen molar-refractivity contribution in [1.82, 2.24) is 19.2 Å². The number of aryl methyl sites for hydroxylation is 1. The number of H-pyrrole nitrogens is 1. The van der Waals surface area contributed by atoms with Crippen molar-refractivity contribution in [1.29, 1.82) is 5.26 Å². The molecule has 1 aliphatic heterocycles. The van der Waals surface area contributed by atoms with Gasteiger partial charge in [-0.25, -0.2) is 4.72 Å². The number of benzene rings is 2. The quantitative estimate of drug-likeness (QED) is 0.366. The van der Waals surface area contributed by atoms with Crippen molar-refractivity contribution < 1.29 is 4.79 Å². The molecule has 1 unspecified atom stereocenters. The number of hydrogen-bond donors (Lipinski definition) is 2. The van der Waals surface area contributed by atoms with E-state index in [9.17, 15) is 10.1 Å². The molecule has 0 bridgehead atoms. The van der Waals surface area contributed by atoms with E-state index in [0.717, 1.165) is 28.9 Å². The van der Waals surface area contributed by atoms with Crippen LogP contribution in [0.4, 0.5) is 5.69 Å². The summed E-state index contributed by atoms with van der Waals surface area (Å²) in [6, 6.07) is 24.0. The highest BCUT2D eigenvalue weighted by Gasteiger charge is 2.28. The lowest BCUT2D eigenvalue weighted by Gasteiger charge is -2.37. The van der Waals surface area contributed by atoms with E-state index in [1.54, 1.807) is 6.07 Å². The molecule has 8 heteroatoms. The average molecular weight is 485 g/mol. The molecule has 2 N–H and O–H groups in total. The van der Waals surface area contributed by atoms with Gasteiger partial charge in [-0.2, -0.15) is 5.26 Å². The van der Waals surface area contributed by atoms with Crippen molar-refractivity contribution in [3.63, 3.8) is 0 Å². The second kappa shape index (κ2) is 10.7. The van der Waals surface area contributed by atoms with Crippen LogP contribution in [0.15, 0.2) is 84.0 Å². The summed E-state index contributed by atoms with van der Waals surface area (Å²) >= 11 is 1.50. The molecule has 2 aromatic carbocycles. The van der Waals surface area contributed by atoms with E-state index in [1.807, 2.05) is 58.3 Å². The van der Waals surface area contributed by atoms with Gasteiger partial charge in [-0.05, 0) is 60.8 Å². The smallest absolute Gasteiger partial charge is 0.240 e. The van der Waals surface area contributed by atoms with Gasteiger partial charge < -0.3 is 19.4 Å². The van der Waals surface area contributed by atoms with Crippen LogP contribution in [0, 0.1) is 11.3 Å². The number of nitrogens with zero attached hydrogens (tertiary/aromatic N) is 4. The van der Waals surface area contributed by atoms with Gasteiger partial charge >= 0.3 is 0 Å². The predicted octanol–water partition coefficient (Wildman–Crippen LogP) is 4.25. The highest BCUT2D eigenvalue weighted by molar-refractivity contribution is 7.97. The van der Waals surface area contributed by atoms with Gasteiger partial charge in [0.2, 0.25) is 5.91 Å². The third-order valence-electron chi connectivity index (χ3n) is 6.48. The normalized spacial score (nSPS) is 14.7. The first-order valence-corrected chi connectivity index (χ1v) is 12.7. The van der Waals surface area contributed by atoms with Gasteiger partial charge in [-0.3, -0.25) is 4.79 Å². The van der Waals surface area contributed by atoms with Crippen LogP contribution < -0.4 is 9.62 Å². The van der Waals surface area contributed by atoms with Crippen LogP contribution in [0.25, 0.3) is 10.9 Å². The fraction of sp³-hybridized carbons (Fsp3) is 0.259. The molecule has 2 aromatic heterocycles. The van der Waals surface area contributed by atoms with Gasteiger partial charge in [-0.15, -0.1) is 0 Å². The summed E-state index contributed by atoms with van der Waals surface area (Å²) in [7, 11) is 0. The summed E-state index contributed by atoms with van der Waals surface area (Å²) in [4.78, 5) is 22.3. The van der Waals surface area contributed by atoms with Crippen molar-refractivity contribution >= 4 is 34.4 Å². The molecule has 1 amide bonds. The van der Waals surface area contributed by atoms with Gasteiger partial charge in [-0.1, -0.05) is 24.3 Å². The second-order valence-corrected chi connectivity index (χ2v) is 9.48. The van der Waals surface area contributed by atoms with E-state index in [1.165, 1.54) is 17.6 Å². The average Bonchev–Trinajstić information content (AvgIpc) is 3.58. The Kier molecular flexibility index (Phi) is 7.07. The topological polar surface area (TPSA) is 80.1 Å². The minimum atomic E-state index is -0.369. The number of para-hydroxylation sites is 1. The van der Waals surface area contributed by atoms with Crippen molar-refractivity contribution in [2.75, 3.05) is 31.1 Å². The number of aromatic amines is 1. The zero-order valence-electron chi connectivity index (χ0n) is 19.4. The van der Waals surface area contributed by atoms with Crippen LogP contribution in [-0.2, 0) is 11.3 Å². The molecule has 178 valence electrons. The number of fused-ring (bicyclic) bond motifs is 1. The number of anilines is 1. The van der Waals surface area contributed by atoms with Crippen LogP contribution in [0.2, 0.25) is 0 Å². The van der Waals surface area contributed by atoms with Crippen molar-refractivity contribution in [2.45, 2.75) is 23.9 Å². The largest absolute Gasteiger partial charge is 0.368 e. The zero-order valence-corrected chi connectivity index (χ0v) is 20.2. The Morgan fingerprint density at radius 2 is 1.86 bits per heavy atom. The van der Waals surface area contributed by atoms with Crippen molar-refractivity contribution in [2.24, 2.45) is 0 Å². The Morgan fingerprint density at radius 3 is 2.66 bits per heavy atom. The van der Waals surface area contributed by atoms with Gasteiger partial charge in [0.15, 0.2) is 0 Å². The maximum absolute atomic E-state index is 13.6. The Bertz CT molecular complexity index is 1320. The first-order chi connectivity index (χ1) is 17.2. The fourth-order valence-corrected chi connectivity index (χ4v) is 5.46. The lowest BCUT2D eigenvalue weighted by molar-refractivity contribution is -0.133. The number of carbonyl (C=O) groups excluding carboxylic acids is 1. The Labute approximate surface area is 209 Å². The number of rotatable bonds is 8. The predicted molar refractivity (Wildman–Crippen MR) is 140 cm³/mol. The van der Waals surface area contributed by atoms with E-state index < -0.39 is 0 Å². The van der Waals surface area contributed by atoms with Gasteiger partial charge in [0.1, 0.15) is 11.8 Å². The molecular weight excluding hydrogens is 456 g/mol. The number of amides is 1. The highest BCUT2D eigenvalue weighted by Crippen LogP contribution is 2.26. The highest BCUT2D eigenvalue weighted by atomic mass is 32.2. The Morgan fingerprint density at radius 1 is 1.03 bits per heavy atom. The van der Waals surface area contributed by atoms with E-state index in [-0.39, 0.29) is 11.9 Å². The minimum Gasteiger partial charge on any atom is -0.368 e. The maximum atomic E-state index is 13.6. The second-order valence-electron chi connectivity index (χ2n) is 8.60. The van der Waals surface area contributed by atoms with Crippen LogP contribution in [-0.4, -0.2) is 52.6 Å². The van der Waals surface area contributed by atoms with E-state index in [4.69, 9.17) is 0 Å². The lowest BCUT2D eigenvalue weighted by atomic mass is 10.1. The number of piperazine rings is 1. The number of nitriles is 1. The number of carbonyl (C=O) groups is 1. The molecule has 0 spiro atoms. The third kappa shape index (κ3) is 5.21. The van der Waals surface area contributed by atoms with Crippen LogP contribution in [0.5, 0.6) is 0 Å². The number of hydrogen-bond acceptors (Lipinski definition) is 5. The van der Waals surface area contributed by atoms with Crippen LogP contribution in [0.3, 0.4) is 0 Å². The summed E-state index contributed by atoms with van der Waals surface area (Å²) in [5.41, 5.74) is 2.88. The molecule has 1 atom stereocenters. The Hall–Kier alpha value is -3.67. The van der Waals surface area contributed by atoms with E-state index in [2.05, 4.69) is 44.9 Å². The molecule has 35 heavy (non-hydrogen) atoms. The number of nitrogens with one attached hydrogen (secondary N) is 2. The van der Waals surface area contributed by atoms with Crippen molar-refractivity contribution in [3.05, 3.63) is 84.8 Å². The van der Waals surface area contributed by atoms with E-state index in [0.29, 0.717) is 31.7 Å². The summed E-state index contributed by atoms with van der Waals surface area (Å²) in [6.45, 7) is 3.61. The summed E-state index contributed by atoms with van der Waals surface area (Å²) < 4.78 is 5.37. The SMILES string of the molecule is N#Cc1cccn1CCC(NSc1cccc2[nH]ccc12)C(=O)N1CCN(c2ccccc2)CC1. The van der Waals surface area contributed by atoms with Crippen molar-refractivity contribution in [3.8, 4) is 6.07 Å². The first-order valence-electron chi connectivity index (χ1n) is 11.9. The molecule has 1 aliphatic rings. The fourth-order valence-electron chi connectivity index (χ4n) is 4.54. The van der Waals surface area contributed by atoms with Gasteiger partial charge in [0.05, 0.1) is 6.04 Å². The van der Waals surface area contributed by atoms with Crippen LogP contribution >= 0.6 is 11.9 Å². The molecule has 3 heterocycles. The third-order valence-corrected chi connectivity index (χ3v) is 7.46. The molecule has 4 aromatic rings. The monoisotopic (exact) mass is 484 g/mol. The standard InChI is InChI=1S/C27H28N6OS/c28-20-22-8-5-14-31(22)15-12-25(30-35-26-10-4-9-24-23(26)11-13-29-24)27(34)33-18-16-32(17-19-33)21-6-2-1-3-7-21/h1-11,13-14,25,29-30H,12,15-19H2. The molecule has 7 nitrogen and oxygen atoms in total. The molecule has 0 saturated carbocycles. The molecular formula is C27H28N6OS. The van der Waals surface area contributed by atoms with E-state index >= 15 is 0 Å². The van der Waals surface area contributed by atoms with Gasteiger partial charge in [0, 0.05) is 66.6 Å². The summed E-state index contributed by atoms with van der Waals surface area (Å²) in [5, 5.41) is 10.5. The lowest BCUT2D eigenvalue weighted by Crippen LogP contribution is -2.53. The molecule has 1 fully saturated rings. The Balaban J connectivity index is 1.28. The molecule has 5 rings (SSSR count). The van der Waals surface area contributed by atoms with Gasteiger partial charge in [0.25, 0.3) is 0 Å². The molecule has 0 radical (unpaired) electrons. The summed E-state index contributed by atoms with van der Waals surface area (Å²) in [6.07, 6.45) is 4.42.